The topological polar surface area (TPSA) is 69.7 Å². The number of amides is 3. The van der Waals surface area contributed by atoms with Crippen molar-refractivity contribution in [3.63, 3.8) is 0 Å². The first-order valence-electron chi connectivity index (χ1n) is 11.7. The number of fused-ring (bicyclic) bond motifs is 1. The van der Waals surface area contributed by atoms with E-state index in [1.165, 1.54) is 0 Å². The maximum Gasteiger partial charge on any atom is 0.254 e. The van der Waals surface area contributed by atoms with Crippen molar-refractivity contribution in [2.75, 3.05) is 16.8 Å². The monoisotopic (exact) mass is 431 g/mol. The Kier molecular flexibility index (Phi) is 5.68. The molecule has 2 aromatic rings. The highest BCUT2D eigenvalue weighted by Gasteiger charge is 2.47. The summed E-state index contributed by atoms with van der Waals surface area (Å²) in [6, 6.07) is 16.4. The van der Waals surface area contributed by atoms with E-state index in [9.17, 15) is 14.4 Å². The summed E-state index contributed by atoms with van der Waals surface area (Å²) in [5.74, 6) is 0.291. The number of carbonyl (C=O) groups is 3. The lowest BCUT2D eigenvalue weighted by atomic mass is 9.84. The van der Waals surface area contributed by atoms with Gasteiger partial charge in [-0.25, -0.2) is 0 Å². The third kappa shape index (κ3) is 3.90. The number of rotatable bonds is 4. The Balaban J connectivity index is 1.38. The Bertz CT molecular complexity index is 1020. The highest BCUT2D eigenvalue weighted by Crippen LogP contribution is 2.41. The summed E-state index contributed by atoms with van der Waals surface area (Å²) >= 11 is 0. The average molecular weight is 432 g/mol. The van der Waals surface area contributed by atoms with E-state index < -0.39 is 6.04 Å². The molecule has 2 aromatic carbocycles. The summed E-state index contributed by atoms with van der Waals surface area (Å²) < 4.78 is 0. The number of hydrogen-bond acceptors (Lipinski definition) is 3. The molecule has 0 radical (unpaired) electrons. The van der Waals surface area contributed by atoms with Gasteiger partial charge in [-0.15, -0.1) is 0 Å². The van der Waals surface area contributed by atoms with Crippen molar-refractivity contribution in [2.45, 2.75) is 57.0 Å². The summed E-state index contributed by atoms with van der Waals surface area (Å²) in [5, 5.41) is 3.04. The second-order valence-corrected chi connectivity index (χ2v) is 9.13. The van der Waals surface area contributed by atoms with Crippen molar-refractivity contribution in [3.05, 3.63) is 60.2 Å². The van der Waals surface area contributed by atoms with Crippen LogP contribution in [0, 0.1) is 5.92 Å². The van der Waals surface area contributed by atoms with Crippen LogP contribution in [0.2, 0.25) is 0 Å². The molecule has 32 heavy (non-hydrogen) atoms. The van der Waals surface area contributed by atoms with Gasteiger partial charge in [-0.1, -0.05) is 37.1 Å². The second kappa shape index (κ2) is 8.77. The van der Waals surface area contributed by atoms with Gasteiger partial charge in [0.25, 0.3) is 5.91 Å². The van der Waals surface area contributed by atoms with Gasteiger partial charge in [0, 0.05) is 35.9 Å². The Hall–Kier alpha value is -3.15. The number of carbonyl (C=O) groups excluding carboxylic acids is 3. The predicted molar refractivity (Wildman–Crippen MR) is 123 cm³/mol. The summed E-state index contributed by atoms with van der Waals surface area (Å²) in [4.78, 5) is 42.6. The van der Waals surface area contributed by atoms with Crippen LogP contribution < -0.4 is 10.2 Å². The van der Waals surface area contributed by atoms with Crippen LogP contribution in [0.3, 0.4) is 0 Å². The van der Waals surface area contributed by atoms with E-state index in [2.05, 4.69) is 5.32 Å². The molecule has 1 N–H and O–H groups in total. The maximum absolute atomic E-state index is 13.4. The van der Waals surface area contributed by atoms with E-state index in [-0.39, 0.29) is 23.8 Å². The van der Waals surface area contributed by atoms with Crippen LogP contribution in [0.5, 0.6) is 0 Å². The minimum Gasteiger partial charge on any atom is -0.324 e. The Morgan fingerprint density at radius 1 is 0.938 bits per heavy atom. The lowest BCUT2D eigenvalue weighted by Crippen LogP contribution is -2.47. The minimum atomic E-state index is -0.479. The summed E-state index contributed by atoms with van der Waals surface area (Å²) in [6.45, 7) is 0.710. The molecule has 166 valence electrons. The van der Waals surface area contributed by atoms with Gasteiger partial charge in [-0.2, -0.15) is 0 Å². The van der Waals surface area contributed by atoms with Crippen molar-refractivity contribution >= 4 is 29.1 Å². The molecule has 0 aromatic heterocycles. The van der Waals surface area contributed by atoms with Crippen LogP contribution in [0.25, 0.3) is 0 Å². The molecule has 3 unspecified atom stereocenters. The first-order chi connectivity index (χ1) is 15.6. The second-order valence-electron chi connectivity index (χ2n) is 9.13. The fourth-order valence-corrected chi connectivity index (χ4v) is 5.61. The lowest BCUT2D eigenvalue weighted by molar-refractivity contribution is -0.120. The van der Waals surface area contributed by atoms with E-state index in [4.69, 9.17) is 0 Å². The Labute approximate surface area is 188 Å². The first-order valence-corrected chi connectivity index (χ1v) is 11.7. The van der Waals surface area contributed by atoms with Gasteiger partial charge in [-0.3, -0.25) is 14.4 Å². The minimum absolute atomic E-state index is 0.0587. The molecule has 1 saturated carbocycles. The van der Waals surface area contributed by atoms with E-state index in [0.29, 0.717) is 36.6 Å². The molecular formula is C26H29N3O3. The average Bonchev–Trinajstić information content (AvgIpc) is 3.43. The van der Waals surface area contributed by atoms with Gasteiger partial charge in [0.1, 0.15) is 6.04 Å². The van der Waals surface area contributed by atoms with Crippen molar-refractivity contribution in [2.24, 2.45) is 5.92 Å². The molecule has 6 heteroatoms. The van der Waals surface area contributed by atoms with Gasteiger partial charge in [0.2, 0.25) is 11.8 Å². The lowest BCUT2D eigenvalue weighted by Gasteiger charge is -2.33. The largest absolute Gasteiger partial charge is 0.324 e. The highest BCUT2D eigenvalue weighted by atomic mass is 16.2. The number of anilines is 2. The summed E-state index contributed by atoms with van der Waals surface area (Å²) in [5.41, 5.74) is 2.10. The molecule has 3 aliphatic rings. The predicted octanol–water partition coefficient (Wildman–Crippen LogP) is 4.23. The molecule has 2 aliphatic heterocycles. The molecule has 2 saturated heterocycles. The van der Waals surface area contributed by atoms with Crippen LogP contribution in [0.1, 0.15) is 55.3 Å². The van der Waals surface area contributed by atoms with Crippen LogP contribution in [0.4, 0.5) is 11.4 Å². The zero-order valence-electron chi connectivity index (χ0n) is 18.2. The number of nitrogens with zero attached hydrogens (tertiary/aromatic N) is 2. The molecular weight excluding hydrogens is 402 g/mol. The SMILES string of the molecule is O=C(Nc1cccc(N2CCCC2=O)c1)C1CC2CCCCC2N1C(=O)c1ccccc1. The van der Waals surface area contributed by atoms with Crippen LogP contribution in [0.15, 0.2) is 54.6 Å². The van der Waals surface area contributed by atoms with Crippen LogP contribution in [-0.2, 0) is 9.59 Å². The zero-order chi connectivity index (χ0) is 22.1. The van der Waals surface area contributed by atoms with Crippen LogP contribution in [-0.4, -0.2) is 41.2 Å². The van der Waals surface area contributed by atoms with Crippen LogP contribution >= 0.6 is 0 Å². The van der Waals surface area contributed by atoms with Crippen molar-refractivity contribution in [1.29, 1.82) is 0 Å². The fraction of sp³-hybridized carbons (Fsp3) is 0.423. The number of likely N-dealkylation sites (tertiary alicyclic amines) is 1. The van der Waals surface area contributed by atoms with Gasteiger partial charge in [0.05, 0.1) is 0 Å². The first kappa shape index (κ1) is 20.7. The molecule has 1 aliphatic carbocycles. The third-order valence-corrected chi connectivity index (χ3v) is 7.14. The highest BCUT2D eigenvalue weighted by molar-refractivity contribution is 6.02. The molecule has 3 fully saturated rings. The smallest absolute Gasteiger partial charge is 0.254 e. The number of nitrogens with one attached hydrogen (secondary N) is 1. The van der Waals surface area contributed by atoms with E-state index >= 15 is 0 Å². The zero-order valence-corrected chi connectivity index (χ0v) is 18.2. The van der Waals surface area contributed by atoms with Gasteiger partial charge in [-0.05, 0) is 61.9 Å². The molecule has 0 bridgehead atoms. The Morgan fingerprint density at radius 3 is 2.53 bits per heavy atom. The van der Waals surface area contributed by atoms with Crippen molar-refractivity contribution < 1.29 is 14.4 Å². The molecule has 0 spiro atoms. The van der Waals surface area contributed by atoms with Crippen molar-refractivity contribution in [3.8, 4) is 0 Å². The number of hydrogen-bond donors (Lipinski definition) is 1. The standard InChI is InChI=1S/C26H29N3O3/c30-24-14-7-15-28(24)21-12-6-11-20(17-21)27-25(31)23-16-19-10-4-5-13-22(19)29(23)26(32)18-8-2-1-3-9-18/h1-3,6,8-9,11-12,17,19,22-23H,4-5,7,10,13-16H2,(H,27,31). The van der Waals surface area contributed by atoms with E-state index in [1.54, 1.807) is 4.90 Å². The molecule has 5 rings (SSSR count). The Morgan fingerprint density at radius 2 is 1.75 bits per heavy atom. The maximum atomic E-state index is 13.4. The molecule has 3 atom stereocenters. The number of benzene rings is 2. The van der Waals surface area contributed by atoms with E-state index in [0.717, 1.165) is 37.8 Å². The summed E-state index contributed by atoms with van der Waals surface area (Å²) in [7, 11) is 0. The molecule has 3 amide bonds. The van der Waals surface area contributed by atoms with E-state index in [1.807, 2.05) is 59.5 Å². The third-order valence-electron chi connectivity index (χ3n) is 7.14. The fourth-order valence-electron chi connectivity index (χ4n) is 5.61. The summed E-state index contributed by atoms with van der Waals surface area (Å²) in [6.07, 6.45) is 6.42. The molecule has 2 heterocycles. The normalized spacial score (nSPS) is 25.0. The quantitative estimate of drug-likeness (QED) is 0.788. The van der Waals surface area contributed by atoms with Gasteiger partial charge in [0.15, 0.2) is 0 Å². The van der Waals surface area contributed by atoms with Gasteiger partial charge < -0.3 is 15.1 Å². The van der Waals surface area contributed by atoms with Crippen molar-refractivity contribution in [1.82, 2.24) is 4.90 Å². The molecule has 6 nitrogen and oxygen atoms in total. The van der Waals surface area contributed by atoms with Gasteiger partial charge >= 0.3 is 0 Å².